The number of piperidine rings is 1. The van der Waals surface area contributed by atoms with Gasteiger partial charge in [-0.3, -0.25) is 9.48 Å². The summed E-state index contributed by atoms with van der Waals surface area (Å²) in [7, 11) is 1.78. The van der Waals surface area contributed by atoms with Crippen LogP contribution in [0.5, 0.6) is 0 Å². The van der Waals surface area contributed by atoms with Gasteiger partial charge in [-0.25, -0.2) is 0 Å². The number of hydrogen-bond acceptors (Lipinski definition) is 4. The van der Waals surface area contributed by atoms with Gasteiger partial charge in [0.25, 0.3) is 5.91 Å². The number of hydrogen-bond donors (Lipinski definition) is 1. The molecular weight excluding hydrogens is 292 g/mol. The molecule has 2 aliphatic rings. The highest BCUT2D eigenvalue weighted by atomic mass is 16.5. The molecule has 6 nitrogen and oxygen atoms in total. The van der Waals surface area contributed by atoms with Crippen LogP contribution in [0.3, 0.4) is 0 Å². The molecule has 1 aromatic rings. The van der Waals surface area contributed by atoms with E-state index in [1.807, 2.05) is 0 Å². The lowest BCUT2D eigenvalue weighted by Crippen LogP contribution is -2.45. The van der Waals surface area contributed by atoms with Gasteiger partial charge in [0.05, 0.1) is 11.7 Å². The highest BCUT2D eigenvalue weighted by Gasteiger charge is 2.42. The standard InChI is InChI=1S/C17H28N4O2/c1-3-10-21-11-7-17(8-12-21)6-4-14(23-17)13-18-16(22)15-5-9-19-20(15)2/h5,9,14H,3-4,6-8,10-13H2,1-2H3,(H,18,22). The zero-order valence-corrected chi connectivity index (χ0v) is 14.3. The Balaban J connectivity index is 1.45. The number of aryl methyl sites for hydroxylation is 1. The number of likely N-dealkylation sites (tertiary alicyclic amines) is 1. The minimum Gasteiger partial charge on any atom is -0.370 e. The maximum atomic E-state index is 12.1. The van der Waals surface area contributed by atoms with Gasteiger partial charge in [0.2, 0.25) is 0 Å². The first-order valence-corrected chi connectivity index (χ1v) is 8.78. The van der Waals surface area contributed by atoms with Gasteiger partial charge in [-0.05, 0) is 44.7 Å². The average Bonchev–Trinajstić information content (AvgIpc) is 3.15. The van der Waals surface area contributed by atoms with Crippen LogP contribution in [0, 0.1) is 0 Å². The van der Waals surface area contributed by atoms with Crippen molar-refractivity contribution in [3.63, 3.8) is 0 Å². The lowest BCUT2D eigenvalue weighted by Gasteiger charge is -2.39. The number of aromatic nitrogens is 2. The van der Waals surface area contributed by atoms with Crippen molar-refractivity contribution in [1.29, 1.82) is 0 Å². The molecule has 0 radical (unpaired) electrons. The van der Waals surface area contributed by atoms with Crippen LogP contribution >= 0.6 is 0 Å². The van der Waals surface area contributed by atoms with Gasteiger partial charge in [0, 0.05) is 32.9 Å². The molecule has 0 bridgehead atoms. The SMILES string of the molecule is CCCN1CCC2(CCC(CNC(=O)c3ccnn3C)O2)CC1. The van der Waals surface area contributed by atoms with Crippen molar-refractivity contribution < 1.29 is 9.53 Å². The third-order valence-electron chi connectivity index (χ3n) is 5.19. The van der Waals surface area contributed by atoms with Gasteiger partial charge in [0.1, 0.15) is 5.69 Å². The number of amides is 1. The molecule has 0 saturated carbocycles. The van der Waals surface area contributed by atoms with Crippen LogP contribution in [0.1, 0.15) is 49.5 Å². The van der Waals surface area contributed by atoms with Crippen LogP contribution in [0.2, 0.25) is 0 Å². The normalized spacial score (nSPS) is 24.2. The lowest BCUT2D eigenvalue weighted by atomic mass is 9.88. The highest BCUT2D eigenvalue weighted by Crippen LogP contribution is 2.38. The van der Waals surface area contributed by atoms with Gasteiger partial charge >= 0.3 is 0 Å². The van der Waals surface area contributed by atoms with Crippen molar-refractivity contribution in [3.05, 3.63) is 18.0 Å². The third-order valence-corrected chi connectivity index (χ3v) is 5.19. The summed E-state index contributed by atoms with van der Waals surface area (Å²) in [5.74, 6) is -0.0766. The molecule has 1 amide bonds. The van der Waals surface area contributed by atoms with Crippen molar-refractivity contribution in [2.24, 2.45) is 7.05 Å². The molecule has 6 heteroatoms. The molecule has 1 spiro atoms. The molecule has 0 aromatic carbocycles. The van der Waals surface area contributed by atoms with Crippen molar-refractivity contribution in [1.82, 2.24) is 20.0 Å². The minimum absolute atomic E-state index is 0.0617. The monoisotopic (exact) mass is 320 g/mol. The molecule has 1 aromatic heterocycles. The molecular formula is C17H28N4O2. The quantitative estimate of drug-likeness (QED) is 0.895. The molecule has 1 unspecified atom stereocenters. The predicted molar refractivity (Wildman–Crippen MR) is 88.3 cm³/mol. The summed E-state index contributed by atoms with van der Waals surface area (Å²) < 4.78 is 7.94. The Hall–Kier alpha value is -1.40. The fourth-order valence-corrected chi connectivity index (χ4v) is 3.80. The van der Waals surface area contributed by atoms with E-state index < -0.39 is 0 Å². The molecule has 2 fully saturated rings. The van der Waals surface area contributed by atoms with Gasteiger partial charge in [0.15, 0.2) is 0 Å². The van der Waals surface area contributed by atoms with Crippen molar-refractivity contribution in [2.45, 2.75) is 50.7 Å². The van der Waals surface area contributed by atoms with Crippen molar-refractivity contribution in [3.8, 4) is 0 Å². The molecule has 128 valence electrons. The van der Waals surface area contributed by atoms with Crippen LogP contribution in [-0.4, -0.2) is 58.5 Å². The Kier molecular flexibility index (Phi) is 5.02. The zero-order chi connectivity index (χ0) is 16.3. The van der Waals surface area contributed by atoms with E-state index in [9.17, 15) is 4.79 Å². The van der Waals surface area contributed by atoms with Gasteiger partial charge in [-0.15, -0.1) is 0 Å². The molecule has 1 atom stereocenters. The molecule has 23 heavy (non-hydrogen) atoms. The number of nitrogens with one attached hydrogen (secondary N) is 1. The van der Waals surface area contributed by atoms with Gasteiger partial charge < -0.3 is 15.0 Å². The number of carbonyl (C=O) groups is 1. The summed E-state index contributed by atoms with van der Waals surface area (Å²) >= 11 is 0. The predicted octanol–water partition coefficient (Wildman–Crippen LogP) is 1.57. The van der Waals surface area contributed by atoms with E-state index in [1.165, 1.54) is 13.0 Å². The summed E-state index contributed by atoms with van der Waals surface area (Å²) in [6, 6.07) is 1.73. The summed E-state index contributed by atoms with van der Waals surface area (Å²) in [5, 5.41) is 7.01. The van der Waals surface area contributed by atoms with E-state index in [1.54, 1.807) is 24.0 Å². The fraction of sp³-hybridized carbons (Fsp3) is 0.765. The first-order valence-electron chi connectivity index (χ1n) is 8.78. The fourth-order valence-electron chi connectivity index (χ4n) is 3.80. The van der Waals surface area contributed by atoms with Crippen LogP contribution in [0.25, 0.3) is 0 Å². The van der Waals surface area contributed by atoms with Crippen LogP contribution in [0.4, 0.5) is 0 Å². The van der Waals surface area contributed by atoms with E-state index in [0.29, 0.717) is 12.2 Å². The topological polar surface area (TPSA) is 59.4 Å². The van der Waals surface area contributed by atoms with Crippen LogP contribution in [0.15, 0.2) is 12.3 Å². The summed E-state index contributed by atoms with van der Waals surface area (Å²) in [4.78, 5) is 14.7. The van der Waals surface area contributed by atoms with Crippen molar-refractivity contribution in [2.75, 3.05) is 26.2 Å². The smallest absolute Gasteiger partial charge is 0.269 e. The van der Waals surface area contributed by atoms with E-state index in [-0.39, 0.29) is 17.6 Å². The number of nitrogens with zero attached hydrogens (tertiary/aromatic N) is 3. The lowest BCUT2D eigenvalue weighted by molar-refractivity contribution is -0.0753. The van der Waals surface area contributed by atoms with Gasteiger partial charge in [-0.2, -0.15) is 5.10 Å². The Labute approximate surface area is 138 Å². The average molecular weight is 320 g/mol. The third kappa shape index (κ3) is 3.75. The first kappa shape index (κ1) is 16.5. The van der Waals surface area contributed by atoms with E-state index in [0.717, 1.165) is 38.8 Å². The Bertz CT molecular complexity index is 534. The first-order chi connectivity index (χ1) is 11.1. The van der Waals surface area contributed by atoms with E-state index in [2.05, 4.69) is 22.2 Å². The highest BCUT2D eigenvalue weighted by molar-refractivity contribution is 5.92. The van der Waals surface area contributed by atoms with Crippen LogP contribution < -0.4 is 5.32 Å². The Morgan fingerprint density at radius 3 is 2.87 bits per heavy atom. The molecule has 2 aliphatic heterocycles. The Morgan fingerprint density at radius 2 is 2.22 bits per heavy atom. The maximum Gasteiger partial charge on any atom is 0.269 e. The summed E-state index contributed by atoms with van der Waals surface area (Å²) in [5.41, 5.74) is 0.650. The maximum absolute atomic E-state index is 12.1. The number of ether oxygens (including phenoxy) is 1. The minimum atomic E-state index is -0.0766. The second kappa shape index (κ2) is 7.01. The molecule has 2 saturated heterocycles. The second-order valence-electron chi connectivity index (χ2n) is 6.85. The van der Waals surface area contributed by atoms with Crippen LogP contribution in [-0.2, 0) is 11.8 Å². The Morgan fingerprint density at radius 1 is 1.43 bits per heavy atom. The summed E-state index contributed by atoms with van der Waals surface area (Å²) in [6.45, 7) is 6.30. The number of carbonyl (C=O) groups excluding carboxylic acids is 1. The number of rotatable bonds is 5. The molecule has 1 N–H and O–H groups in total. The largest absolute Gasteiger partial charge is 0.370 e. The summed E-state index contributed by atoms with van der Waals surface area (Å²) in [6.07, 6.45) is 7.41. The second-order valence-corrected chi connectivity index (χ2v) is 6.85. The molecule has 0 aliphatic carbocycles. The zero-order valence-electron chi connectivity index (χ0n) is 14.3. The molecule has 3 heterocycles. The van der Waals surface area contributed by atoms with Gasteiger partial charge in [-0.1, -0.05) is 6.92 Å². The van der Waals surface area contributed by atoms with Crippen molar-refractivity contribution >= 4 is 5.91 Å². The van der Waals surface area contributed by atoms with E-state index >= 15 is 0 Å². The molecule has 3 rings (SSSR count). The van der Waals surface area contributed by atoms with E-state index in [4.69, 9.17) is 4.74 Å².